The fourth-order valence-corrected chi connectivity index (χ4v) is 4.24. The fraction of sp³-hybridized carbons (Fsp3) is 0.148. The van der Waals surface area contributed by atoms with Gasteiger partial charge in [0.15, 0.2) is 0 Å². The number of benzene rings is 3. The maximum absolute atomic E-state index is 14.2. The van der Waals surface area contributed by atoms with Crippen LogP contribution in [0, 0.1) is 12.7 Å². The van der Waals surface area contributed by atoms with Crippen molar-refractivity contribution < 1.29 is 23.5 Å². The number of ether oxygens (including phenoxy) is 1. The lowest BCUT2D eigenvalue weighted by Gasteiger charge is -2.26. The number of barbiturate groups is 1. The van der Waals surface area contributed by atoms with Crippen LogP contribution in [-0.4, -0.2) is 24.5 Å². The summed E-state index contributed by atoms with van der Waals surface area (Å²) in [6, 6.07) is 13.3. The van der Waals surface area contributed by atoms with Gasteiger partial charge in [0.1, 0.15) is 17.1 Å². The molecular weight excluding hydrogens is 506 g/mol. The summed E-state index contributed by atoms with van der Waals surface area (Å²) in [6.45, 7) is 3.89. The number of hydrogen-bond acceptors (Lipinski definition) is 4. The highest BCUT2D eigenvalue weighted by Gasteiger charge is 2.37. The van der Waals surface area contributed by atoms with E-state index in [4.69, 9.17) is 27.9 Å². The van der Waals surface area contributed by atoms with Gasteiger partial charge < -0.3 is 4.74 Å². The zero-order valence-electron chi connectivity index (χ0n) is 19.4. The number of carbonyl (C=O) groups is 3. The van der Waals surface area contributed by atoms with Crippen LogP contribution in [-0.2, 0) is 16.0 Å². The summed E-state index contributed by atoms with van der Waals surface area (Å²) in [5.74, 6) is -1.63. The summed E-state index contributed by atoms with van der Waals surface area (Å²) >= 11 is 12.7. The minimum absolute atomic E-state index is 0.188. The average Bonchev–Trinajstić information content (AvgIpc) is 2.82. The number of imide groups is 2. The molecule has 36 heavy (non-hydrogen) atoms. The second-order valence-corrected chi connectivity index (χ2v) is 8.89. The third kappa shape index (κ3) is 5.12. The standard InChI is InChI=1S/C27H21Cl2FN2O4/c1-3-36-24-12-16(11-22(29)19(24)13-17-6-4-5-7-23(17)30)10-20-25(33)31-27(35)32(26(20)34)18-9-8-15(2)21(28)14-18/h4-12,14H,3,13H2,1-2H3,(H,31,33,35)/b20-10+. The van der Waals surface area contributed by atoms with Crippen molar-refractivity contribution in [1.82, 2.24) is 5.32 Å². The van der Waals surface area contributed by atoms with Crippen molar-refractivity contribution in [1.29, 1.82) is 0 Å². The van der Waals surface area contributed by atoms with E-state index < -0.39 is 17.8 Å². The predicted molar refractivity (Wildman–Crippen MR) is 137 cm³/mol. The number of aryl methyl sites for hydroxylation is 1. The van der Waals surface area contributed by atoms with Gasteiger partial charge >= 0.3 is 6.03 Å². The first kappa shape index (κ1) is 25.4. The van der Waals surface area contributed by atoms with E-state index in [0.29, 0.717) is 34.1 Å². The number of nitrogens with zero attached hydrogens (tertiary/aromatic N) is 1. The minimum Gasteiger partial charge on any atom is -0.494 e. The summed E-state index contributed by atoms with van der Waals surface area (Å²) in [6.07, 6.45) is 1.52. The van der Waals surface area contributed by atoms with Crippen molar-refractivity contribution in [2.24, 2.45) is 0 Å². The Balaban J connectivity index is 1.73. The first-order chi connectivity index (χ1) is 17.2. The van der Waals surface area contributed by atoms with Gasteiger partial charge in [0.2, 0.25) is 0 Å². The Morgan fingerprint density at radius 3 is 2.47 bits per heavy atom. The van der Waals surface area contributed by atoms with E-state index in [1.54, 1.807) is 56.3 Å². The van der Waals surface area contributed by atoms with Crippen LogP contribution < -0.4 is 15.0 Å². The molecule has 0 bridgehead atoms. The smallest absolute Gasteiger partial charge is 0.335 e. The van der Waals surface area contributed by atoms with Gasteiger partial charge in [-0.2, -0.15) is 0 Å². The quantitative estimate of drug-likeness (QED) is 0.311. The Hall–Kier alpha value is -3.68. The highest BCUT2D eigenvalue weighted by atomic mass is 35.5. The van der Waals surface area contributed by atoms with Gasteiger partial charge in [0.25, 0.3) is 11.8 Å². The maximum atomic E-state index is 14.2. The summed E-state index contributed by atoms with van der Waals surface area (Å²) in [5, 5.41) is 2.82. The molecule has 4 rings (SSSR count). The molecular formula is C27H21Cl2FN2O4. The minimum atomic E-state index is -0.879. The third-order valence-electron chi connectivity index (χ3n) is 5.63. The monoisotopic (exact) mass is 526 g/mol. The molecule has 1 heterocycles. The molecule has 1 fully saturated rings. The van der Waals surface area contributed by atoms with E-state index in [-0.39, 0.29) is 28.5 Å². The van der Waals surface area contributed by atoms with Crippen molar-refractivity contribution in [2.75, 3.05) is 11.5 Å². The highest BCUT2D eigenvalue weighted by molar-refractivity contribution is 6.39. The van der Waals surface area contributed by atoms with Gasteiger partial charge in [-0.15, -0.1) is 0 Å². The van der Waals surface area contributed by atoms with Crippen molar-refractivity contribution in [3.05, 3.63) is 98.3 Å². The predicted octanol–water partition coefficient (Wildman–Crippen LogP) is 6.10. The second kappa shape index (κ2) is 10.5. The summed E-state index contributed by atoms with van der Waals surface area (Å²) in [7, 11) is 0. The van der Waals surface area contributed by atoms with E-state index >= 15 is 0 Å². The topological polar surface area (TPSA) is 75.7 Å². The van der Waals surface area contributed by atoms with E-state index in [1.807, 2.05) is 0 Å². The Morgan fingerprint density at radius 1 is 1.03 bits per heavy atom. The molecule has 3 aromatic carbocycles. The summed E-state index contributed by atoms with van der Waals surface area (Å²) in [4.78, 5) is 39.1. The molecule has 0 saturated carbocycles. The van der Waals surface area contributed by atoms with Gasteiger partial charge in [0, 0.05) is 22.0 Å². The molecule has 0 atom stereocenters. The number of amides is 4. The number of rotatable bonds is 6. The van der Waals surface area contributed by atoms with Crippen LogP contribution >= 0.6 is 23.2 Å². The maximum Gasteiger partial charge on any atom is 0.335 e. The normalized spacial score (nSPS) is 14.9. The number of anilines is 1. The first-order valence-electron chi connectivity index (χ1n) is 11.1. The lowest BCUT2D eigenvalue weighted by Crippen LogP contribution is -2.54. The summed E-state index contributed by atoms with van der Waals surface area (Å²) in [5.41, 5.74) is 2.13. The lowest BCUT2D eigenvalue weighted by atomic mass is 10.00. The van der Waals surface area contributed by atoms with E-state index in [9.17, 15) is 18.8 Å². The van der Waals surface area contributed by atoms with Gasteiger partial charge in [-0.25, -0.2) is 14.1 Å². The van der Waals surface area contributed by atoms with Gasteiger partial charge in [0.05, 0.1) is 12.3 Å². The molecule has 9 heteroatoms. The van der Waals surface area contributed by atoms with Crippen LogP contribution in [0.5, 0.6) is 5.75 Å². The molecule has 4 amide bonds. The molecule has 0 spiro atoms. The molecule has 6 nitrogen and oxygen atoms in total. The van der Waals surface area contributed by atoms with Gasteiger partial charge in [-0.05, 0) is 66.9 Å². The zero-order chi connectivity index (χ0) is 26.0. The van der Waals surface area contributed by atoms with Crippen LogP contribution in [0.2, 0.25) is 10.0 Å². The lowest BCUT2D eigenvalue weighted by molar-refractivity contribution is -0.122. The molecule has 0 aliphatic carbocycles. The van der Waals surface area contributed by atoms with E-state index in [1.165, 1.54) is 18.2 Å². The van der Waals surface area contributed by atoms with Crippen LogP contribution in [0.3, 0.4) is 0 Å². The Morgan fingerprint density at radius 2 is 1.78 bits per heavy atom. The molecule has 0 unspecified atom stereocenters. The van der Waals surface area contributed by atoms with Gasteiger partial charge in [-0.3, -0.25) is 14.9 Å². The van der Waals surface area contributed by atoms with Crippen molar-refractivity contribution in [3.63, 3.8) is 0 Å². The molecule has 184 valence electrons. The Bertz CT molecular complexity index is 1420. The molecule has 1 aliphatic rings. The molecule has 0 radical (unpaired) electrons. The number of nitrogens with one attached hydrogen (secondary N) is 1. The van der Waals surface area contributed by atoms with Crippen LogP contribution in [0.1, 0.15) is 29.2 Å². The number of halogens is 3. The average molecular weight is 527 g/mol. The molecule has 0 aromatic heterocycles. The molecule has 3 aromatic rings. The van der Waals surface area contributed by atoms with Crippen molar-refractivity contribution in [2.45, 2.75) is 20.3 Å². The molecule has 1 saturated heterocycles. The van der Waals surface area contributed by atoms with E-state index in [2.05, 4.69) is 5.32 Å². The third-order valence-corrected chi connectivity index (χ3v) is 6.37. The van der Waals surface area contributed by atoms with Crippen molar-refractivity contribution >= 4 is 52.8 Å². The zero-order valence-corrected chi connectivity index (χ0v) is 20.9. The van der Waals surface area contributed by atoms with Crippen LogP contribution in [0.25, 0.3) is 6.08 Å². The number of carbonyl (C=O) groups excluding carboxylic acids is 3. The Labute approximate surface area is 217 Å². The molecule has 1 aliphatic heterocycles. The highest BCUT2D eigenvalue weighted by Crippen LogP contribution is 2.33. The fourth-order valence-electron chi connectivity index (χ4n) is 3.78. The largest absolute Gasteiger partial charge is 0.494 e. The number of hydrogen-bond donors (Lipinski definition) is 1. The van der Waals surface area contributed by atoms with E-state index in [0.717, 1.165) is 10.5 Å². The SMILES string of the molecule is CCOc1cc(/C=C2\C(=O)NC(=O)N(c3ccc(C)c(Cl)c3)C2=O)cc(Cl)c1Cc1ccccc1F. The summed E-state index contributed by atoms with van der Waals surface area (Å²) < 4.78 is 20.0. The Kier molecular flexibility index (Phi) is 7.43. The van der Waals surface area contributed by atoms with Gasteiger partial charge in [-0.1, -0.05) is 47.5 Å². The van der Waals surface area contributed by atoms with Crippen molar-refractivity contribution in [3.8, 4) is 5.75 Å². The number of urea groups is 1. The first-order valence-corrected chi connectivity index (χ1v) is 11.8. The van der Waals surface area contributed by atoms with Crippen LogP contribution in [0.15, 0.2) is 60.2 Å². The van der Waals surface area contributed by atoms with Crippen LogP contribution in [0.4, 0.5) is 14.9 Å². The molecule has 1 N–H and O–H groups in total. The second-order valence-electron chi connectivity index (χ2n) is 8.07.